The fraction of sp³-hybridized carbons (Fsp3) is 0.308. The molecule has 19 heavy (non-hydrogen) atoms. The van der Waals surface area contributed by atoms with Crippen LogP contribution in [-0.4, -0.2) is 17.7 Å². The van der Waals surface area contributed by atoms with E-state index in [9.17, 15) is 9.90 Å². The van der Waals surface area contributed by atoms with Gasteiger partial charge < -0.3 is 15.7 Å². The third kappa shape index (κ3) is 4.05. The quantitative estimate of drug-likeness (QED) is 0.794. The van der Waals surface area contributed by atoms with Crippen LogP contribution in [0.1, 0.15) is 21.4 Å². The lowest BCUT2D eigenvalue weighted by Crippen LogP contribution is -2.37. The van der Waals surface area contributed by atoms with E-state index in [0.717, 1.165) is 15.3 Å². The first-order chi connectivity index (χ1) is 9.16. The summed E-state index contributed by atoms with van der Waals surface area (Å²) >= 11 is 3.10. The average molecular weight is 296 g/mol. The second-order valence-electron chi connectivity index (χ2n) is 4.13. The maximum Gasteiger partial charge on any atom is 0.315 e. The van der Waals surface area contributed by atoms with Crippen molar-refractivity contribution in [3.05, 3.63) is 44.3 Å². The fourth-order valence-electron chi connectivity index (χ4n) is 1.65. The predicted molar refractivity (Wildman–Crippen MR) is 78.6 cm³/mol. The minimum absolute atomic E-state index is 0.220. The molecule has 0 spiro atoms. The van der Waals surface area contributed by atoms with Crippen LogP contribution in [-0.2, 0) is 6.54 Å². The van der Waals surface area contributed by atoms with Crippen molar-refractivity contribution in [2.24, 2.45) is 0 Å². The number of aliphatic hydroxyl groups is 1. The molecule has 2 amide bonds. The minimum atomic E-state index is -0.646. The van der Waals surface area contributed by atoms with E-state index in [1.165, 1.54) is 11.3 Å². The number of thiophene rings is 2. The van der Waals surface area contributed by atoms with Gasteiger partial charge in [0.25, 0.3) is 0 Å². The lowest BCUT2D eigenvalue weighted by Gasteiger charge is -2.12. The van der Waals surface area contributed by atoms with Crippen LogP contribution in [0.25, 0.3) is 0 Å². The lowest BCUT2D eigenvalue weighted by molar-refractivity contribution is 0.176. The monoisotopic (exact) mass is 296 g/mol. The summed E-state index contributed by atoms with van der Waals surface area (Å²) in [4.78, 5) is 13.6. The number of hydrogen-bond donors (Lipinski definition) is 3. The zero-order valence-electron chi connectivity index (χ0n) is 10.6. The number of nitrogens with one attached hydrogen (secondary N) is 2. The van der Waals surface area contributed by atoms with E-state index in [1.807, 2.05) is 35.9 Å². The third-order valence-electron chi connectivity index (χ3n) is 2.66. The second kappa shape index (κ2) is 6.70. The molecule has 102 valence electrons. The van der Waals surface area contributed by atoms with Crippen LogP contribution in [0.4, 0.5) is 4.79 Å². The summed E-state index contributed by atoms with van der Waals surface area (Å²) in [5.74, 6) is 0. The number of amides is 2. The van der Waals surface area contributed by atoms with Crippen molar-refractivity contribution in [1.29, 1.82) is 0 Å². The van der Waals surface area contributed by atoms with Crippen LogP contribution in [0.15, 0.2) is 29.0 Å². The maximum absolute atomic E-state index is 11.6. The first kappa shape index (κ1) is 14.0. The molecule has 2 rings (SSSR count). The zero-order chi connectivity index (χ0) is 13.7. The third-order valence-corrected chi connectivity index (χ3v) is 4.66. The highest BCUT2D eigenvalue weighted by Crippen LogP contribution is 2.22. The van der Waals surface area contributed by atoms with Crippen molar-refractivity contribution >= 4 is 28.7 Å². The van der Waals surface area contributed by atoms with Crippen molar-refractivity contribution in [2.75, 3.05) is 6.54 Å². The highest BCUT2D eigenvalue weighted by molar-refractivity contribution is 7.10. The Bertz CT molecular complexity index is 522. The Kier molecular flexibility index (Phi) is 4.95. The molecule has 0 fully saturated rings. The summed E-state index contributed by atoms with van der Waals surface area (Å²) in [6.07, 6.45) is -0.646. The number of urea groups is 1. The number of carbonyl (C=O) groups is 1. The van der Waals surface area contributed by atoms with Crippen LogP contribution in [0.5, 0.6) is 0 Å². The molecule has 0 aliphatic carbocycles. The molecule has 0 saturated heterocycles. The molecule has 0 bridgehead atoms. The molecule has 2 aromatic rings. The normalized spacial score (nSPS) is 12.1. The van der Waals surface area contributed by atoms with Gasteiger partial charge in [0.15, 0.2) is 0 Å². The number of aryl methyl sites for hydroxylation is 1. The standard InChI is InChI=1S/C13H16N2O2S2/c1-9-4-6-19-12(9)11(16)8-15-13(17)14-7-10-3-2-5-18-10/h2-6,11,16H,7-8H2,1H3,(H2,14,15,17)/t11-/m0/s1. The molecular formula is C13H16N2O2S2. The van der Waals surface area contributed by atoms with E-state index >= 15 is 0 Å². The molecule has 0 unspecified atom stereocenters. The Labute approximate surface area is 120 Å². The number of rotatable bonds is 5. The van der Waals surface area contributed by atoms with Crippen molar-refractivity contribution in [3.8, 4) is 0 Å². The van der Waals surface area contributed by atoms with E-state index in [-0.39, 0.29) is 12.6 Å². The van der Waals surface area contributed by atoms with E-state index < -0.39 is 6.10 Å². The molecular weight excluding hydrogens is 280 g/mol. The molecule has 0 aliphatic rings. The van der Waals surface area contributed by atoms with Gasteiger partial charge in [0.1, 0.15) is 6.10 Å². The van der Waals surface area contributed by atoms with Crippen LogP contribution in [0.2, 0.25) is 0 Å². The Morgan fingerprint density at radius 1 is 1.32 bits per heavy atom. The predicted octanol–water partition coefficient (Wildman–Crippen LogP) is 2.65. The summed E-state index contributed by atoms with van der Waals surface area (Å²) in [5, 5.41) is 19.3. The molecule has 6 heteroatoms. The van der Waals surface area contributed by atoms with E-state index in [4.69, 9.17) is 0 Å². The largest absolute Gasteiger partial charge is 0.386 e. The summed E-state index contributed by atoms with van der Waals surface area (Å²) in [6.45, 7) is 2.68. The Hall–Kier alpha value is -1.37. The Morgan fingerprint density at radius 2 is 2.16 bits per heavy atom. The number of carbonyl (C=O) groups excluding carboxylic acids is 1. The smallest absolute Gasteiger partial charge is 0.315 e. The lowest BCUT2D eigenvalue weighted by atomic mass is 10.2. The molecule has 0 aromatic carbocycles. The van der Waals surface area contributed by atoms with Gasteiger partial charge >= 0.3 is 6.03 Å². The number of aliphatic hydroxyl groups excluding tert-OH is 1. The fourth-order valence-corrected chi connectivity index (χ4v) is 3.21. The topological polar surface area (TPSA) is 61.4 Å². The number of hydrogen-bond acceptors (Lipinski definition) is 4. The molecule has 3 N–H and O–H groups in total. The average Bonchev–Trinajstić information content (AvgIpc) is 3.04. The molecule has 0 radical (unpaired) electrons. The minimum Gasteiger partial charge on any atom is -0.386 e. The maximum atomic E-state index is 11.6. The van der Waals surface area contributed by atoms with E-state index in [2.05, 4.69) is 10.6 Å². The highest BCUT2D eigenvalue weighted by Gasteiger charge is 2.12. The van der Waals surface area contributed by atoms with Crippen molar-refractivity contribution in [3.63, 3.8) is 0 Å². The van der Waals surface area contributed by atoms with Crippen molar-refractivity contribution in [1.82, 2.24) is 10.6 Å². The first-order valence-electron chi connectivity index (χ1n) is 5.93. The van der Waals surface area contributed by atoms with Crippen molar-refractivity contribution < 1.29 is 9.90 Å². The van der Waals surface area contributed by atoms with Crippen LogP contribution < -0.4 is 10.6 Å². The summed E-state index contributed by atoms with van der Waals surface area (Å²) in [5.41, 5.74) is 1.05. The zero-order valence-corrected chi connectivity index (χ0v) is 12.2. The van der Waals surface area contributed by atoms with Gasteiger partial charge in [0.2, 0.25) is 0 Å². The first-order valence-corrected chi connectivity index (χ1v) is 7.69. The van der Waals surface area contributed by atoms with Gasteiger partial charge in [0, 0.05) is 9.75 Å². The molecule has 0 saturated carbocycles. The molecule has 4 nitrogen and oxygen atoms in total. The molecule has 2 aromatic heterocycles. The summed E-state index contributed by atoms with van der Waals surface area (Å²) in [6, 6.07) is 5.61. The van der Waals surface area contributed by atoms with Gasteiger partial charge in [-0.1, -0.05) is 6.07 Å². The van der Waals surface area contributed by atoms with Crippen molar-refractivity contribution in [2.45, 2.75) is 19.6 Å². The van der Waals surface area contributed by atoms with Gasteiger partial charge in [-0.15, -0.1) is 22.7 Å². The molecule has 1 atom stereocenters. The SMILES string of the molecule is Cc1ccsc1[C@@H](O)CNC(=O)NCc1cccs1. The second-order valence-corrected chi connectivity index (χ2v) is 6.11. The highest BCUT2D eigenvalue weighted by atomic mass is 32.1. The Morgan fingerprint density at radius 3 is 2.79 bits per heavy atom. The van der Waals surface area contributed by atoms with Gasteiger partial charge in [-0.05, 0) is 35.4 Å². The molecule has 0 aliphatic heterocycles. The van der Waals surface area contributed by atoms with Crippen LogP contribution in [0, 0.1) is 6.92 Å². The van der Waals surface area contributed by atoms with Crippen LogP contribution in [0.3, 0.4) is 0 Å². The van der Waals surface area contributed by atoms with Crippen LogP contribution >= 0.6 is 22.7 Å². The van der Waals surface area contributed by atoms with Gasteiger partial charge in [-0.3, -0.25) is 0 Å². The Balaban J connectivity index is 1.73. The summed E-state index contributed by atoms with van der Waals surface area (Å²) in [7, 11) is 0. The van der Waals surface area contributed by atoms with Gasteiger partial charge in [0.05, 0.1) is 13.1 Å². The van der Waals surface area contributed by atoms with Gasteiger partial charge in [-0.2, -0.15) is 0 Å². The van der Waals surface area contributed by atoms with E-state index in [0.29, 0.717) is 6.54 Å². The molecule has 2 heterocycles. The summed E-state index contributed by atoms with van der Waals surface area (Å²) < 4.78 is 0. The van der Waals surface area contributed by atoms with E-state index in [1.54, 1.807) is 11.3 Å². The van der Waals surface area contributed by atoms with Gasteiger partial charge in [-0.25, -0.2) is 4.79 Å².